The minimum absolute atomic E-state index is 0.0642. The Bertz CT molecular complexity index is 1060. The number of hydrogen-bond donors (Lipinski definition) is 0. The molecule has 33 heavy (non-hydrogen) atoms. The maximum atomic E-state index is 12.4. The molecule has 3 rings (SSSR count). The third kappa shape index (κ3) is 6.21. The molecule has 0 unspecified atom stereocenters. The normalized spacial score (nSPS) is 12.8. The van der Waals surface area contributed by atoms with Crippen LogP contribution < -0.4 is 15.9 Å². The van der Waals surface area contributed by atoms with Crippen LogP contribution in [0.3, 0.4) is 0 Å². The first-order chi connectivity index (χ1) is 15.7. The fraction of sp³-hybridized carbons (Fsp3) is 0.208. The molecule has 0 aliphatic rings. The summed E-state index contributed by atoms with van der Waals surface area (Å²) in [7, 11) is -7.19. The minimum atomic E-state index is -5.36. The Morgan fingerprint density at radius 3 is 1.48 bits per heavy atom. The van der Waals surface area contributed by atoms with Crippen molar-refractivity contribution in [2.45, 2.75) is 19.0 Å². The van der Waals surface area contributed by atoms with Crippen LogP contribution in [0, 0.1) is 0 Å². The first-order valence-corrected chi connectivity index (χ1v) is 14.1. The number of benzene rings is 3. The van der Waals surface area contributed by atoms with E-state index in [2.05, 4.69) is 40.6 Å². The second-order valence-corrected chi connectivity index (χ2v) is 13.3. The predicted octanol–water partition coefficient (Wildman–Crippen LogP) is 3.93. The fourth-order valence-electron chi connectivity index (χ4n) is 3.97. The van der Waals surface area contributed by atoms with Crippen molar-refractivity contribution in [3.8, 4) is 0 Å². The van der Waals surface area contributed by atoms with Crippen LogP contribution in [0.4, 0.5) is 13.2 Å². The molecule has 0 amide bonds. The zero-order chi connectivity index (χ0) is 24.0. The summed E-state index contributed by atoms with van der Waals surface area (Å²) in [5.41, 5.74) is 0. The van der Waals surface area contributed by atoms with Gasteiger partial charge in [-0.3, -0.25) is 0 Å². The zero-order valence-electron chi connectivity index (χ0n) is 17.7. The van der Waals surface area contributed by atoms with Gasteiger partial charge in [-0.25, -0.2) is 0 Å². The predicted molar refractivity (Wildman–Crippen MR) is 127 cm³/mol. The molecule has 0 radical (unpaired) electrons. The van der Waals surface area contributed by atoms with Gasteiger partial charge in [-0.2, -0.15) is 0 Å². The Hall–Kier alpha value is -2.70. The van der Waals surface area contributed by atoms with E-state index in [1.54, 1.807) is 0 Å². The molecule has 0 heterocycles. The van der Waals surface area contributed by atoms with E-state index in [-0.39, 0.29) is 6.42 Å². The second kappa shape index (κ2) is 10.5. The standard InChI is InChI=1S/C24H24F3O4PS/c25-24(26,27)23(28)31-33(29,30)19-11-10-18-32(20-12-4-1-5-13-20,21-14-6-2-7-15-21)22-16-8-3-9-17-22/h1-9,12-17,32H,10-11,18-19H2. The SMILES string of the molecule is O=C(OS(=O)(=O)CCCC[PH](c1ccccc1)(c1ccccc1)c1ccccc1)C(F)(F)F. The van der Waals surface area contributed by atoms with E-state index in [9.17, 15) is 26.4 Å². The van der Waals surface area contributed by atoms with Gasteiger partial charge in [-0.05, 0) is 0 Å². The van der Waals surface area contributed by atoms with Crippen LogP contribution in [0.1, 0.15) is 12.8 Å². The quantitative estimate of drug-likeness (QED) is 0.256. The van der Waals surface area contributed by atoms with Gasteiger partial charge in [0.2, 0.25) is 0 Å². The van der Waals surface area contributed by atoms with E-state index >= 15 is 0 Å². The Morgan fingerprint density at radius 2 is 1.12 bits per heavy atom. The van der Waals surface area contributed by atoms with Crippen LogP contribution >= 0.6 is 7.26 Å². The molecule has 3 aromatic carbocycles. The van der Waals surface area contributed by atoms with E-state index in [4.69, 9.17) is 0 Å². The summed E-state index contributed by atoms with van der Waals surface area (Å²) in [5, 5.41) is 3.44. The molecular formula is C24H24F3O4PS. The molecule has 0 aliphatic heterocycles. The Balaban J connectivity index is 1.88. The van der Waals surface area contributed by atoms with Crippen molar-refractivity contribution in [3.05, 3.63) is 91.0 Å². The average Bonchev–Trinajstić information content (AvgIpc) is 2.80. The van der Waals surface area contributed by atoms with Crippen LogP contribution in [0.25, 0.3) is 0 Å². The van der Waals surface area contributed by atoms with E-state index in [1.807, 2.05) is 54.6 Å². The molecule has 0 bridgehead atoms. The van der Waals surface area contributed by atoms with E-state index in [0.717, 1.165) is 15.9 Å². The van der Waals surface area contributed by atoms with Gasteiger partial charge in [0.15, 0.2) is 0 Å². The number of carbonyl (C=O) groups excluding carboxylic acids is 1. The molecule has 0 N–H and O–H groups in total. The zero-order valence-corrected chi connectivity index (χ0v) is 19.5. The summed E-state index contributed by atoms with van der Waals surface area (Å²) < 4.78 is 64.6. The second-order valence-electron chi connectivity index (χ2n) is 7.59. The number of hydrogen-bond acceptors (Lipinski definition) is 4. The van der Waals surface area contributed by atoms with Crippen molar-refractivity contribution >= 4 is 39.3 Å². The van der Waals surface area contributed by atoms with Crippen molar-refractivity contribution in [2.24, 2.45) is 0 Å². The number of carbonyl (C=O) groups is 1. The van der Waals surface area contributed by atoms with Gasteiger partial charge in [0.1, 0.15) is 0 Å². The molecule has 9 heteroatoms. The summed E-state index contributed by atoms with van der Waals surface area (Å²) in [5.74, 6) is -3.39. The van der Waals surface area contributed by atoms with Crippen LogP contribution in [-0.2, 0) is 19.1 Å². The van der Waals surface area contributed by atoms with Crippen molar-refractivity contribution < 1.29 is 30.6 Å². The number of alkyl halides is 3. The summed E-state index contributed by atoms with van der Waals surface area (Å²) in [4.78, 5) is 10.9. The van der Waals surface area contributed by atoms with Crippen LogP contribution in [0.2, 0.25) is 0 Å². The summed E-state index contributed by atoms with van der Waals surface area (Å²) in [6, 6.07) is 29.9. The Labute approximate surface area is 191 Å². The molecule has 0 aromatic heterocycles. The van der Waals surface area contributed by atoms with Gasteiger partial charge in [-0.15, -0.1) is 0 Å². The molecule has 0 saturated heterocycles. The van der Waals surface area contributed by atoms with Crippen LogP contribution in [0.15, 0.2) is 91.0 Å². The van der Waals surface area contributed by atoms with E-state index in [0.29, 0.717) is 12.6 Å². The summed E-state index contributed by atoms with van der Waals surface area (Å²) in [6.07, 6.45) is -4.24. The summed E-state index contributed by atoms with van der Waals surface area (Å²) >= 11 is 0. The Morgan fingerprint density at radius 1 is 0.727 bits per heavy atom. The first-order valence-electron chi connectivity index (χ1n) is 10.3. The van der Waals surface area contributed by atoms with E-state index in [1.165, 1.54) is 0 Å². The molecule has 4 nitrogen and oxygen atoms in total. The number of halogens is 3. The van der Waals surface area contributed by atoms with Crippen molar-refractivity contribution in [3.63, 3.8) is 0 Å². The molecule has 3 aromatic rings. The maximum absolute atomic E-state index is 12.4. The van der Waals surface area contributed by atoms with Crippen LogP contribution in [-0.4, -0.2) is 32.5 Å². The number of rotatable bonds is 9. The topological polar surface area (TPSA) is 60.4 Å². The third-order valence-corrected chi connectivity index (χ3v) is 11.7. The van der Waals surface area contributed by atoms with Crippen LogP contribution in [0.5, 0.6) is 0 Å². The van der Waals surface area contributed by atoms with Gasteiger partial charge < -0.3 is 0 Å². The fourth-order valence-corrected chi connectivity index (χ4v) is 9.87. The van der Waals surface area contributed by atoms with Crippen molar-refractivity contribution in [2.75, 3.05) is 11.9 Å². The van der Waals surface area contributed by atoms with Gasteiger partial charge in [0, 0.05) is 0 Å². The third-order valence-electron chi connectivity index (χ3n) is 5.43. The molecule has 0 atom stereocenters. The molecule has 0 saturated carbocycles. The van der Waals surface area contributed by atoms with E-state index < -0.39 is 35.3 Å². The number of unbranched alkanes of at least 4 members (excludes halogenated alkanes) is 1. The van der Waals surface area contributed by atoms with Gasteiger partial charge >= 0.3 is 192 Å². The average molecular weight is 496 g/mol. The molecular weight excluding hydrogens is 472 g/mol. The van der Waals surface area contributed by atoms with Crippen molar-refractivity contribution in [1.29, 1.82) is 0 Å². The molecule has 0 aliphatic carbocycles. The molecule has 0 fully saturated rings. The summed E-state index contributed by atoms with van der Waals surface area (Å²) in [6.45, 7) is 0. The van der Waals surface area contributed by atoms with Gasteiger partial charge in [0.05, 0.1) is 0 Å². The first kappa shape index (κ1) is 24.9. The molecule has 176 valence electrons. The monoisotopic (exact) mass is 496 g/mol. The van der Waals surface area contributed by atoms with Crippen molar-refractivity contribution in [1.82, 2.24) is 0 Å². The molecule has 0 spiro atoms. The van der Waals surface area contributed by atoms with Gasteiger partial charge in [-0.1, -0.05) is 0 Å². The van der Waals surface area contributed by atoms with Gasteiger partial charge in [0.25, 0.3) is 0 Å². The Kier molecular flexibility index (Phi) is 7.92.